The van der Waals surface area contributed by atoms with Crippen LogP contribution in [-0.4, -0.2) is 0 Å². The van der Waals surface area contributed by atoms with Crippen molar-refractivity contribution >= 4 is 34.4 Å². The zero-order valence-electron chi connectivity index (χ0n) is 26.1. The van der Waals surface area contributed by atoms with Crippen molar-refractivity contribution < 1.29 is 0 Å². The monoisotopic (exact) mass is 594 g/mol. The molecule has 2 heteroatoms. The summed E-state index contributed by atoms with van der Waals surface area (Å²) >= 11 is 0. The molecule has 0 bridgehead atoms. The van der Waals surface area contributed by atoms with E-state index in [1.807, 2.05) is 0 Å². The smallest absolute Gasteiger partial charge is 0.0628 e. The Morgan fingerprint density at radius 1 is 0.565 bits per heavy atom. The van der Waals surface area contributed by atoms with Gasteiger partial charge in [0.1, 0.15) is 0 Å². The Bertz CT molecular complexity index is 1960. The Morgan fingerprint density at radius 2 is 1.26 bits per heavy atom. The molecule has 0 radical (unpaired) electrons. The molecule has 2 nitrogen and oxygen atoms in total. The zero-order valence-corrected chi connectivity index (χ0v) is 26.1. The van der Waals surface area contributed by atoms with E-state index < -0.39 is 0 Å². The van der Waals surface area contributed by atoms with Gasteiger partial charge in [-0.05, 0) is 102 Å². The first-order valence-corrected chi connectivity index (χ1v) is 16.6. The van der Waals surface area contributed by atoms with Gasteiger partial charge in [0, 0.05) is 34.0 Å². The summed E-state index contributed by atoms with van der Waals surface area (Å²) in [5.74, 6) is 0. The summed E-state index contributed by atoms with van der Waals surface area (Å²) < 4.78 is 0. The Balaban J connectivity index is 1.11. The molecular weight excluding hydrogens is 556 g/mol. The minimum Gasteiger partial charge on any atom is -0.337 e. The first kappa shape index (κ1) is 28.2. The van der Waals surface area contributed by atoms with Crippen LogP contribution in [-0.2, 0) is 6.42 Å². The molecule has 0 aromatic heterocycles. The summed E-state index contributed by atoms with van der Waals surface area (Å²) in [4.78, 5) is 5.00. The van der Waals surface area contributed by atoms with Gasteiger partial charge in [0.05, 0.1) is 6.04 Å². The van der Waals surface area contributed by atoms with Crippen LogP contribution in [0.15, 0.2) is 163 Å². The molecule has 5 aromatic carbocycles. The van der Waals surface area contributed by atoms with Gasteiger partial charge in [-0.1, -0.05) is 121 Å². The van der Waals surface area contributed by atoms with E-state index in [-0.39, 0.29) is 6.04 Å². The molecule has 1 unspecified atom stereocenters. The largest absolute Gasteiger partial charge is 0.337 e. The van der Waals surface area contributed by atoms with E-state index in [0.29, 0.717) is 0 Å². The summed E-state index contributed by atoms with van der Waals surface area (Å²) in [7, 11) is 0. The van der Waals surface area contributed by atoms with Crippen molar-refractivity contribution in [2.24, 2.45) is 0 Å². The van der Waals surface area contributed by atoms with E-state index in [9.17, 15) is 0 Å². The van der Waals surface area contributed by atoms with Gasteiger partial charge in [0.2, 0.25) is 0 Å². The number of fused-ring (bicyclic) bond motifs is 2. The minimum atomic E-state index is 0.285. The molecule has 0 aliphatic heterocycles. The normalized spacial score (nSPS) is 16.8. The number of hydrogen-bond acceptors (Lipinski definition) is 2. The molecule has 3 aliphatic rings. The average molecular weight is 595 g/mol. The van der Waals surface area contributed by atoms with Crippen LogP contribution in [0, 0.1) is 0 Å². The number of aryl methyl sites for hydroxylation is 1. The molecule has 224 valence electrons. The van der Waals surface area contributed by atoms with Crippen LogP contribution in [0.5, 0.6) is 0 Å². The van der Waals surface area contributed by atoms with Gasteiger partial charge >= 0.3 is 0 Å². The molecule has 1 atom stereocenters. The van der Waals surface area contributed by atoms with E-state index in [1.54, 1.807) is 0 Å². The Labute approximate surface area is 273 Å². The van der Waals surface area contributed by atoms with E-state index >= 15 is 0 Å². The number of para-hydroxylation sites is 2. The van der Waals surface area contributed by atoms with Crippen molar-refractivity contribution in [3.05, 3.63) is 191 Å². The lowest BCUT2D eigenvalue weighted by atomic mass is 9.89. The highest BCUT2D eigenvalue weighted by Gasteiger charge is 2.28. The number of benzene rings is 5. The first-order chi connectivity index (χ1) is 22.8. The summed E-state index contributed by atoms with van der Waals surface area (Å²) in [6.07, 6.45) is 16.9. The molecule has 0 saturated carbocycles. The van der Waals surface area contributed by atoms with Gasteiger partial charge in [0.25, 0.3) is 0 Å². The van der Waals surface area contributed by atoms with E-state index in [2.05, 4.69) is 174 Å². The maximum atomic E-state index is 2.58. The van der Waals surface area contributed by atoms with Crippen molar-refractivity contribution in [1.29, 1.82) is 0 Å². The predicted octanol–water partition coefficient (Wildman–Crippen LogP) is 11.5. The van der Waals surface area contributed by atoms with Crippen LogP contribution >= 0.6 is 0 Å². The predicted molar refractivity (Wildman–Crippen MR) is 195 cm³/mol. The molecule has 5 aromatic rings. The van der Waals surface area contributed by atoms with Crippen LogP contribution in [0.1, 0.15) is 59.5 Å². The zero-order chi connectivity index (χ0) is 30.7. The van der Waals surface area contributed by atoms with Crippen molar-refractivity contribution in [3.8, 4) is 0 Å². The highest BCUT2D eigenvalue weighted by atomic mass is 15.2. The van der Waals surface area contributed by atoms with Crippen LogP contribution in [0.4, 0.5) is 17.1 Å². The maximum absolute atomic E-state index is 2.58. The standard InChI is InChI=1S/C44H38N2/c1-3-17-37(18-4-1)45(43-23-11-15-35-13-7-9-21-41(35)43)39-29-25-33(26-30-39)34-27-31-40(32-28-34)46(38-19-5-2-6-20-38)44-24-12-16-36-14-8-10-22-42(36)44/h1-11,13-15,17-22,24-25,27-29,31-32,43H,12,16,23,26,30H2. The third-order valence-electron chi connectivity index (χ3n) is 9.59. The summed E-state index contributed by atoms with van der Waals surface area (Å²) in [5.41, 5.74) is 14.4. The Morgan fingerprint density at radius 3 is 2.04 bits per heavy atom. The van der Waals surface area contributed by atoms with Crippen molar-refractivity contribution in [3.63, 3.8) is 0 Å². The van der Waals surface area contributed by atoms with Crippen molar-refractivity contribution in [2.45, 2.75) is 38.1 Å². The second-order valence-corrected chi connectivity index (χ2v) is 12.3. The van der Waals surface area contributed by atoms with Gasteiger partial charge < -0.3 is 9.80 Å². The molecular formula is C44H38N2. The van der Waals surface area contributed by atoms with Gasteiger partial charge in [-0.25, -0.2) is 0 Å². The molecule has 0 amide bonds. The van der Waals surface area contributed by atoms with Crippen molar-refractivity contribution in [1.82, 2.24) is 0 Å². The Kier molecular flexibility index (Phi) is 7.70. The quantitative estimate of drug-likeness (QED) is 0.185. The molecule has 0 N–H and O–H groups in total. The van der Waals surface area contributed by atoms with Gasteiger partial charge in [-0.2, -0.15) is 0 Å². The fourth-order valence-electron chi connectivity index (χ4n) is 7.37. The van der Waals surface area contributed by atoms with Crippen molar-refractivity contribution in [2.75, 3.05) is 9.80 Å². The van der Waals surface area contributed by atoms with Gasteiger partial charge in [-0.15, -0.1) is 0 Å². The number of nitrogens with zero attached hydrogens (tertiary/aromatic N) is 2. The number of anilines is 3. The topological polar surface area (TPSA) is 6.48 Å². The summed E-state index contributed by atoms with van der Waals surface area (Å²) in [6, 6.07) is 48.9. The van der Waals surface area contributed by atoms with Crippen LogP contribution < -0.4 is 9.80 Å². The molecule has 0 saturated heterocycles. The maximum Gasteiger partial charge on any atom is 0.0628 e. The fourth-order valence-corrected chi connectivity index (χ4v) is 7.37. The molecule has 3 aliphatic carbocycles. The van der Waals surface area contributed by atoms with Crippen LogP contribution in [0.25, 0.3) is 17.3 Å². The van der Waals surface area contributed by atoms with Gasteiger partial charge in [0.15, 0.2) is 0 Å². The molecule has 46 heavy (non-hydrogen) atoms. The molecule has 8 rings (SSSR count). The first-order valence-electron chi connectivity index (χ1n) is 16.6. The summed E-state index contributed by atoms with van der Waals surface area (Å²) in [6.45, 7) is 0. The van der Waals surface area contributed by atoms with Crippen LogP contribution in [0.2, 0.25) is 0 Å². The molecule has 0 spiro atoms. The van der Waals surface area contributed by atoms with E-state index in [1.165, 1.54) is 61.8 Å². The lowest BCUT2D eigenvalue weighted by Crippen LogP contribution is -2.30. The highest BCUT2D eigenvalue weighted by molar-refractivity contribution is 5.90. The van der Waals surface area contributed by atoms with E-state index in [0.717, 1.165) is 32.1 Å². The molecule has 0 fully saturated rings. The number of hydrogen-bond donors (Lipinski definition) is 0. The average Bonchev–Trinajstić information content (AvgIpc) is 3.14. The van der Waals surface area contributed by atoms with E-state index in [4.69, 9.17) is 0 Å². The SMILES string of the molecule is C1=Cc2ccccc2C(N(C2=CC=C(c3ccc(N(C4=CCCc5ccccc54)c4ccccc4)cc3)CC2)c2ccccc2)C1. The lowest BCUT2D eigenvalue weighted by Gasteiger charge is -2.38. The minimum absolute atomic E-state index is 0.285. The Hall–Kier alpha value is -5.34. The molecule has 0 heterocycles. The van der Waals surface area contributed by atoms with Gasteiger partial charge in [-0.3, -0.25) is 0 Å². The lowest BCUT2D eigenvalue weighted by molar-refractivity contribution is 0.656. The van der Waals surface area contributed by atoms with Crippen LogP contribution in [0.3, 0.4) is 0 Å². The third-order valence-corrected chi connectivity index (χ3v) is 9.59. The summed E-state index contributed by atoms with van der Waals surface area (Å²) in [5, 5.41) is 0. The second-order valence-electron chi connectivity index (χ2n) is 12.3. The number of allylic oxidation sites excluding steroid dienone is 5. The second kappa shape index (κ2) is 12.6. The third kappa shape index (κ3) is 5.41. The highest BCUT2D eigenvalue weighted by Crippen LogP contribution is 2.42. The fraction of sp³-hybridized carbons (Fsp3) is 0.136. The number of rotatable bonds is 7.